The van der Waals surface area contributed by atoms with Crippen LogP contribution in [0.2, 0.25) is 0 Å². The topological polar surface area (TPSA) is 99.9 Å². The van der Waals surface area contributed by atoms with E-state index in [9.17, 15) is 9.90 Å². The van der Waals surface area contributed by atoms with Crippen LogP contribution in [0, 0.1) is 19.8 Å². The summed E-state index contributed by atoms with van der Waals surface area (Å²) in [6.07, 6.45) is 0. The van der Waals surface area contributed by atoms with Gasteiger partial charge in [0.2, 0.25) is 0 Å². The van der Waals surface area contributed by atoms with Crippen LogP contribution >= 0.6 is 0 Å². The van der Waals surface area contributed by atoms with E-state index in [2.05, 4.69) is 52.2 Å². The van der Waals surface area contributed by atoms with E-state index in [1.165, 1.54) is 0 Å². The first-order valence-corrected chi connectivity index (χ1v) is 11.7. The summed E-state index contributed by atoms with van der Waals surface area (Å²) in [7, 11) is 0. The van der Waals surface area contributed by atoms with Crippen LogP contribution in [0.1, 0.15) is 48.0 Å². The molecule has 0 aliphatic carbocycles. The highest BCUT2D eigenvalue weighted by molar-refractivity contribution is 5.83. The molecule has 178 valence electrons. The Balaban J connectivity index is 1.70. The number of H-pyrrole nitrogens is 1. The molecule has 0 fully saturated rings. The van der Waals surface area contributed by atoms with Crippen molar-refractivity contribution in [2.24, 2.45) is 5.92 Å². The van der Waals surface area contributed by atoms with Crippen molar-refractivity contribution in [3.63, 3.8) is 0 Å². The summed E-state index contributed by atoms with van der Waals surface area (Å²) < 4.78 is 1.81. The molecule has 0 unspecified atom stereocenters. The summed E-state index contributed by atoms with van der Waals surface area (Å²) in [6.45, 7) is 9.57. The molecular formula is C26H32N6O2. The highest BCUT2D eigenvalue weighted by atomic mass is 16.3. The van der Waals surface area contributed by atoms with E-state index < -0.39 is 0 Å². The number of hydrogen-bond acceptors (Lipinski definition) is 6. The molecule has 4 aromatic rings. The largest absolute Gasteiger partial charge is 0.395 e. The Labute approximate surface area is 199 Å². The van der Waals surface area contributed by atoms with Gasteiger partial charge in [-0.1, -0.05) is 50.2 Å². The zero-order chi connectivity index (χ0) is 24.2. The van der Waals surface area contributed by atoms with Crippen LogP contribution in [-0.4, -0.2) is 48.3 Å². The first kappa shape index (κ1) is 23.8. The third kappa shape index (κ3) is 5.08. The molecule has 8 heteroatoms. The van der Waals surface area contributed by atoms with Crippen molar-refractivity contribution in [1.82, 2.24) is 30.1 Å². The lowest BCUT2D eigenvalue weighted by Gasteiger charge is -2.33. The second kappa shape index (κ2) is 10.3. The Morgan fingerprint density at radius 3 is 2.59 bits per heavy atom. The average Bonchev–Trinajstić information content (AvgIpc) is 3.22. The van der Waals surface area contributed by atoms with E-state index >= 15 is 0 Å². The molecular weight excluding hydrogens is 428 g/mol. The second-order valence-electron chi connectivity index (χ2n) is 9.23. The lowest BCUT2D eigenvalue weighted by atomic mass is 9.99. The third-order valence-corrected chi connectivity index (χ3v) is 6.17. The van der Waals surface area contributed by atoms with Gasteiger partial charge in [-0.3, -0.25) is 9.69 Å². The van der Waals surface area contributed by atoms with Crippen molar-refractivity contribution in [2.75, 3.05) is 13.2 Å². The molecule has 8 nitrogen and oxygen atoms in total. The predicted octanol–water partition coefficient (Wildman–Crippen LogP) is 3.37. The van der Waals surface area contributed by atoms with Gasteiger partial charge in [0.1, 0.15) is 0 Å². The Morgan fingerprint density at radius 1 is 1.12 bits per heavy atom. The molecule has 0 bridgehead atoms. The lowest BCUT2D eigenvalue weighted by Crippen LogP contribution is -2.37. The number of hydrogen-bond donors (Lipinski definition) is 2. The molecule has 0 saturated heterocycles. The second-order valence-corrected chi connectivity index (χ2v) is 9.23. The standard InChI is InChI=1S/C26H32N6O2/c1-17(2)24(25-28-29-30-32(25)15-20-8-6-5-7-9-20)31(10-11-33)16-21-14-22-19(4)12-18(3)13-23(22)27-26(21)34/h5-9,12-14,17,24,33H,10-11,15-16H2,1-4H3,(H,27,34)/t24-/m1/s1. The minimum atomic E-state index is -0.180. The Morgan fingerprint density at radius 2 is 1.88 bits per heavy atom. The number of aliphatic hydroxyl groups is 1. The monoisotopic (exact) mass is 460 g/mol. The molecule has 0 amide bonds. The number of pyridine rings is 1. The average molecular weight is 461 g/mol. The van der Waals surface area contributed by atoms with Crippen LogP contribution in [0.15, 0.2) is 53.3 Å². The maximum absolute atomic E-state index is 13.0. The smallest absolute Gasteiger partial charge is 0.252 e. The number of aryl methyl sites for hydroxylation is 2. The molecule has 0 aliphatic heterocycles. The van der Waals surface area contributed by atoms with Crippen molar-refractivity contribution in [1.29, 1.82) is 0 Å². The minimum Gasteiger partial charge on any atom is -0.395 e. The fraction of sp³-hybridized carbons (Fsp3) is 0.385. The summed E-state index contributed by atoms with van der Waals surface area (Å²) in [5.74, 6) is 0.868. The summed E-state index contributed by atoms with van der Waals surface area (Å²) >= 11 is 0. The Kier molecular flexibility index (Phi) is 7.19. The molecule has 0 radical (unpaired) electrons. The Bertz CT molecular complexity index is 1310. The Hall–Kier alpha value is -3.36. The van der Waals surface area contributed by atoms with Gasteiger partial charge in [-0.15, -0.1) is 5.10 Å². The maximum atomic E-state index is 13.0. The molecule has 2 N–H and O–H groups in total. The lowest BCUT2D eigenvalue weighted by molar-refractivity contribution is 0.106. The van der Waals surface area contributed by atoms with E-state index in [0.717, 1.165) is 33.4 Å². The van der Waals surface area contributed by atoms with Crippen molar-refractivity contribution in [3.8, 4) is 0 Å². The summed E-state index contributed by atoms with van der Waals surface area (Å²) in [5.41, 5.74) is 4.71. The van der Waals surface area contributed by atoms with Crippen LogP contribution in [0.5, 0.6) is 0 Å². The molecule has 0 spiro atoms. The van der Waals surface area contributed by atoms with Gasteiger partial charge in [-0.2, -0.15) is 0 Å². The SMILES string of the molecule is Cc1cc(C)c2cc(CN(CCO)[C@@H](c3nnnn3Cc3ccccc3)C(C)C)c(=O)[nH]c2c1. The number of nitrogens with zero attached hydrogens (tertiary/aromatic N) is 5. The molecule has 4 rings (SSSR count). The molecule has 2 aromatic carbocycles. The van der Waals surface area contributed by atoms with Crippen molar-refractivity contribution in [2.45, 2.75) is 46.8 Å². The normalized spacial score (nSPS) is 12.7. The van der Waals surface area contributed by atoms with E-state index in [4.69, 9.17) is 0 Å². The quantitative estimate of drug-likeness (QED) is 0.397. The van der Waals surface area contributed by atoms with E-state index in [-0.39, 0.29) is 24.1 Å². The summed E-state index contributed by atoms with van der Waals surface area (Å²) in [5, 5.41) is 23.5. The van der Waals surface area contributed by atoms with Crippen molar-refractivity contribution in [3.05, 3.63) is 87.0 Å². The fourth-order valence-electron chi connectivity index (χ4n) is 4.67. The first-order valence-electron chi connectivity index (χ1n) is 11.7. The van der Waals surface area contributed by atoms with Gasteiger partial charge in [0.25, 0.3) is 5.56 Å². The first-order chi connectivity index (χ1) is 16.4. The van der Waals surface area contributed by atoms with Crippen molar-refractivity contribution >= 4 is 10.9 Å². The number of tetrazole rings is 1. The molecule has 2 heterocycles. The van der Waals surface area contributed by atoms with E-state index in [1.807, 2.05) is 54.1 Å². The van der Waals surface area contributed by atoms with Crippen LogP contribution in [0.25, 0.3) is 10.9 Å². The highest BCUT2D eigenvalue weighted by Gasteiger charge is 2.29. The van der Waals surface area contributed by atoms with Crippen LogP contribution < -0.4 is 5.56 Å². The van der Waals surface area contributed by atoms with E-state index in [1.54, 1.807) is 0 Å². The van der Waals surface area contributed by atoms with E-state index in [0.29, 0.717) is 25.2 Å². The molecule has 2 aromatic heterocycles. The van der Waals surface area contributed by atoms with Gasteiger partial charge >= 0.3 is 0 Å². The number of aromatic nitrogens is 5. The van der Waals surface area contributed by atoms with Gasteiger partial charge < -0.3 is 10.1 Å². The zero-order valence-corrected chi connectivity index (χ0v) is 20.2. The molecule has 0 aliphatic rings. The number of benzene rings is 2. The number of aliphatic hydroxyl groups excluding tert-OH is 1. The van der Waals surface area contributed by atoms with Gasteiger partial charge in [-0.05, 0) is 59.0 Å². The van der Waals surface area contributed by atoms with Gasteiger partial charge in [0.05, 0.1) is 19.2 Å². The van der Waals surface area contributed by atoms with Crippen LogP contribution in [-0.2, 0) is 13.1 Å². The van der Waals surface area contributed by atoms with Crippen molar-refractivity contribution < 1.29 is 5.11 Å². The highest BCUT2D eigenvalue weighted by Crippen LogP contribution is 2.29. The zero-order valence-electron chi connectivity index (χ0n) is 20.2. The maximum Gasteiger partial charge on any atom is 0.252 e. The van der Waals surface area contributed by atoms with Crippen LogP contribution in [0.3, 0.4) is 0 Å². The van der Waals surface area contributed by atoms with Gasteiger partial charge in [0, 0.05) is 29.6 Å². The molecule has 34 heavy (non-hydrogen) atoms. The number of nitrogens with one attached hydrogen (secondary N) is 1. The minimum absolute atomic E-state index is 0.0345. The molecule has 0 saturated carbocycles. The van der Waals surface area contributed by atoms with Crippen LogP contribution in [0.4, 0.5) is 0 Å². The fourth-order valence-corrected chi connectivity index (χ4v) is 4.67. The third-order valence-electron chi connectivity index (χ3n) is 6.17. The van der Waals surface area contributed by atoms with Gasteiger partial charge in [0.15, 0.2) is 5.82 Å². The summed E-state index contributed by atoms with van der Waals surface area (Å²) in [4.78, 5) is 18.1. The number of rotatable bonds is 9. The predicted molar refractivity (Wildman–Crippen MR) is 132 cm³/mol. The number of aromatic amines is 1. The summed E-state index contributed by atoms with van der Waals surface area (Å²) in [6, 6.07) is 15.9. The molecule has 1 atom stereocenters. The van der Waals surface area contributed by atoms with Gasteiger partial charge in [-0.25, -0.2) is 4.68 Å². The number of fused-ring (bicyclic) bond motifs is 1.